The molecule has 0 amide bonds. The van der Waals surface area contributed by atoms with Gasteiger partial charge in [0.2, 0.25) is 17.4 Å². The molecule has 190 valence electrons. The Bertz CT molecular complexity index is 1190. The lowest BCUT2D eigenvalue weighted by molar-refractivity contribution is -0.164. The predicted octanol–water partition coefficient (Wildman–Crippen LogP) is 3.25. The minimum Gasteiger partial charge on any atom is -0.420 e. The maximum absolute atomic E-state index is 14.5. The van der Waals surface area contributed by atoms with Crippen molar-refractivity contribution in [3.63, 3.8) is 0 Å². The zero-order valence-corrected chi connectivity index (χ0v) is 19.0. The van der Waals surface area contributed by atoms with Crippen LogP contribution in [0.5, 0.6) is 5.75 Å². The summed E-state index contributed by atoms with van der Waals surface area (Å²) in [5.74, 6) is -11.9. The number of carbonyl (C=O) groups is 1. The van der Waals surface area contributed by atoms with Crippen LogP contribution in [-0.4, -0.2) is 43.4 Å². The average Bonchev–Trinajstić information content (AvgIpc) is 3.61. The molecule has 35 heavy (non-hydrogen) atoms. The van der Waals surface area contributed by atoms with E-state index in [9.17, 15) is 30.8 Å². The summed E-state index contributed by atoms with van der Waals surface area (Å²) in [5, 5.41) is 0. The van der Waals surface area contributed by atoms with Crippen molar-refractivity contribution in [2.45, 2.75) is 61.4 Å². The van der Waals surface area contributed by atoms with Crippen LogP contribution in [0.3, 0.4) is 0 Å². The van der Waals surface area contributed by atoms with Crippen LogP contribution in [0.1, 0.15) is 32.1 Å². The largest absolute Gasteiger partial charge is 0.420 e. The summed E-state index contributed by atoms with van der Waals surface area (Å²) in [4.78, 5) is 11.1. The molecule has 9 unspecified atom stereocenters. The van der Waals surface area contributed by atoms with E-state index in [2.05, 4.69) is 0 Å². The number of rotatable bonds is 3. The van der Waals surface area contributed by atoms with Gasteiger partial charge in [-0.15, -0.1) is 0 Å². The Kier molecular flexibility index (Phi) is 4.60. The summed E-state index contributed by atoms with van der Waals surface area (Å²) in [7, 11) is -5.61. The highest BCUT2D eigenvalue weighted by Gasteiger charge is 2.72. The minimum atomic E-state index is -5.61. The van der Waals surface area contributed by atoms with E-state index in [-0.39, 0.29) is 59.9 Å². The number of esters is 1. The molecule has 1 N–H and O–H groups in total. The average molecular weight is 518 g/mol. The highest BCUT2D eigenvalue weighted by atomic mass is 32.2. The van der Waals surface area contributed by atoms with E-state index in [1.54, 1.807) is 0 Å². The molecule has 7 aliphatic rings. The molecule has 1 aromatic carbocycles. The second kappa shape index (κ2) is 7.17. The fourth-order valence-corrected chi connectivity index (χ4v) is 9.42. The monoisotopic (exact) mass is 518 g/mol. The van der Waals surface area contributed by atoms with Gasteiger partial charge in [0.1, 0.15) is 0 Å². The van der Waals surface area contributed by atoms with Gasteiger partial charge >= 0.3 is 16.1 Å². The van der Waals surface area contributed by atoms with Crippen LogP contribution < -0.4 is 4.74 Å². The molecule has 7 nitrogen and oxygen atoms in total. The van der Waals surface area contributed by atoms with Crippen molar-refractivity contribution in [2.24, 2.45) is 41.4 Å². The molecule has 9 atom stereocenters. The topological polar surface area (TPSA) is 99.1 Å². The van der Waals surface area contributed by atoms with Gasteiger partial charge in [0.15, 0.2) is 16.5 Å². The number of carbonyl (C=O) groups excluding carboxylic acids is 1. The van der Waals surface area contributed by atoms with Crippen LogP contribution in [0.4, 0.5) is 17.6 Å². The highest BCUT2D eigenvalue weighted by molar-refractivity contribution is 7.85. The lowest BCUT2D eigenvalue weighted by atomic mass is 9.42. The first kappa shape index (κ1) is 22.4. The third-order valence-electron chi connectivity index (χ3n) is 9.59. The van der Waals surface area contributed by atoms with Crippen LogP contribution in [0, 0.1) is 64.7 Å². The molecular formula is C23H22F4O7S. The van der Waals surface area contributed by atoms with E-state index in [1.807, 2.05) is 0 Å². The van der Waals surface area contributed by atoms with Crippen molar-refractivity contribution < 1.29 is 49.5 Å². The second-order valence-electron chi connectivity index (χ2n) is 10.8. The number of ether oxygens (including phenoxy) is 3. The molecule has 12 heteroatoms. The van der Waals surface area contributed by atoms with Crippen LogP contribution in [0.2, 0.25) is 0 Å². The number of hydrogen-bond donors (Lipinski definition) is 1. The van der Waals surface area contributed by atoms with E-state index in [1.165, 1.54) is 0 Å². The van der Waals surface area contributed by atoms with Gasteiger partial charge in [-0.1, -0.05) is 0 Å². The smallest absolute Gasteiger partial charge is 0.314 e. The Morgan fingerprint density at radius 1 is 0.771 bits per heavy atom. The third kappa shape index (κ3) is 2.82. The Hall–Kier alpha value is -1.76. The lowest BCUT2D eigenvalue weighted by Gasteiger charge is -2.59. The van der Waals surface area contributed by atoms with E-state index < -0.39 is 55.9 Å². The number of benzene rings is 1. The molecule has 3 saturated carbocycles. The van der Waals surface area contributed by atoms with E-state index in [0.717, 1.165) is 25.7 Å². The first-order valence-electron chi connectivity index (χ1n) is 11.9. The summed E-state index contributed by atoms with van der Waals surface area (Å²) in [6, 6.07) is 0. The van der Waals surface area contributed by atoms with E-state index in [0.29, 0.717) is 6.42 Å². The SMILES string of the molecule is O=C(Oc1c(F)c(F)c(S(=O)(=O)O)c(F)c1F)C1CC2C3C4CCC(O4)C3C1C1C3CCC(O3)C21. The van der Waals surface area contributed by atoms with Gasteiger partial charge < -0.3 is 14.2 Å². The predicted molar refractivity (Wildman–Crippen MR) is 107 cm³/mol. The van der Waals surface area contributed by atoms with Crippen molar-refractivity contribution in [2.75, 3.05) is 0 Å². The van der Waals surface area contributed by atoms with Crippen molar-refractivity contribution in [3.8, 4) is 5.75 Å². The summed E-state index contributed by atoms with van der Waals surface area (Å²) < 4.78 is 106. The molecule has 0 radical (unpaired) electrons. The van der Waals surface area contributed by atoms with Crippen LogP contribution in [0.25, 0.3) is 0 Å². The van der Waals surface area contributed by atoms with Gasteiger partial charge in [-0.3, -0.25) is 9.35 Å². The van der Waals surface area contributed by atoms with Gasteiger partial charge in [-0.25, -0.2) is 8.78 Å². The minimum absolute atomic E-state index is 0.00872. The summed E-state index contributed by atoms with van der Waals surface area (Å²) in [6.07, 6.45) is 4.32. The zero-order valence-electron chi connectivity index (χ0n) is 18.2. The Balaban J connectivity index is 1.25. The number of hydrogen-bond acceptors (Lipinski definition) is 6. The van der Waals surface area contributed by atoms with E-state index in [4.69, 9.17) is 18.8 Å². The number of halogens is 4. The lowest BCUT2D eigenvalue weighted by Crippen LogP contribution is -2.62. The first-order chi connectivity index (χ1) is 16.6. The molecule has 7 fully saturated rings. The fraction of sp³-hybridized carbons (Fsp3) is 0.696. The van der Waals surface area contributed by atoms with Gasteiger partial charge in [0, 0.05) is 0 Å². The maximum atomic E-state index is 14.5. The van der Waals surface area contributed by atoms with Crippen molar-refractivity contribution in [1.82, 2.24) is 0 Å². The summed E-state index contributed by atoms with van der Waals surface area (Å²) >= 11 is 0. The van der Waals surface area contributed by atoms with Gasteiger partial charge in [-0.05, 0) is 67.6 Å². The number of fused-ring (bicyclic) bond motifs is 5. The molecule has 4 saturated heterocycles. The highest BCUT2D eigenvalue weighted by Crippen LogP contribution is 2.70. The molecule has 0 aromatic heterocycles. The Labute approximate surface area is 197 Å². The first-order valence-corrected chi connectivity index (χ1v) is 13.4. The molecule has 4 heterocycles. The zero-order chi connectivity index (χ0) is 24.5. The van der Waals surface area contributed by atoms with Gasteiger partial charge in [-0.2, -0.15) is 17.2 Å². The van der Waals surface area contributed by atoms with E-state index >= 15 is 0 Å². The van der Waals surface area contributed by atoms with Crippen molar-refractivity contribution >= 4 is 16.1 Å². The van der Waals surface area contributed by atoms with Crippen molar-refractivity contribution in [3.05, 3.63) is 23.3 Å². The quantitative estimate of drug-likeness (QED) is 0.216. The molecule has 0 spiro atoms. The third-order valence-corrected chi connectivity index (χ3v) is 10.5. The standard InChI is InChI=1S/C23H22F4O7S/c24-17-19(26)22(35(29,30)31)20(27)18(25)21(17)34-23(28)7-5-6-12-8-1-3-10(32-8)15(12)14(7)16-11-4-2-9(33-11)13(6)16/h6-16H,1-5H2,(H,29,30,31). The van der Waals surface area contributed by atoms with Crippen molar-refractivity contribution in [1.29, 1.82) is 0 Å². The van der Waals surface area contributed by atoms with Crippen LogP contribution >= 0.6 is 0 Å². The Morgan fingerprint density at radius 2 is 1.23 bits per heavy atom. The summed E-state index contributed by atoms with van der Waals surface area (Å²) in [5.41, 5.74) is 0. The summed E-state index contributed by atoms with van der Waals surface area (Å²) in [6.45, 7) is 0. The van der Waals surface area contributed by atoms with Gasteiger partial charge in [0.05, 0.1) is 30.3 Å². The van der Waals surface area contributed by atoms with Gasteiger partial charge in [0.25, 0.3) is 0 Å². The molecule has 1 aromatic rings. The second-order valence-corrected chi connectivity index (χ2v) is 12.1. The van der Waals surface area contributed by atoms with Crippen LogP contribution in [-0.2, 0) is 24.4 Å². The normalized spacial score (nSPS) is 44.5. The maximum Gasteiger partial charge on any atom is 0.314 e. The molecule has 4 aliphatic heterocycles. The molecule has 8 rings (SSSR count). The fourth-order valence-electron chi connectivity index (χ4n) is 8.79. The Morgan fingerprint density at radius 3 is 1.69 bits per heavy atom. The molecule has 6 bridgehead atoms. The van der Waals surface area contributed by atoms with Crippen LogP contribution in [0.15, 0.2) is 4.90 Å². The molecular weight excluding hydrogens is 496 g/mol. The molecule has 3 aliphatic carbocycles.